The van der Waals surface area contributed by atoms with E-state index in [0.717, 1.165) is 15.6 Å². The number of halogens is 4. The van der Waals surface area contributed by atoms with Crippen molar-refractivity contribution in [2.45, 2.75) is 5.38 Å². The van der Waals surface area contributed by atoms with Gasteiger partial charge in [0.15, 0.2) is 0 Å². The lowest BCUT2D eigenvalue weighted by Gasteiger charge is -2.14. The minimum atomic E-state index is -0.337. The van der Waals surface area contributed by atoms with E-state index in [1.54, 1.807) is 25.3 Å². The van der Waals surface area contributed by atoms with Crippen LogP contribution in [0.15, 0.2) is 40.9 Å². The summed E-state index contributed by atoms with van der Waals surface area (Å²) in [6.07, 6.45) is 0. The highest BCUT2D eigenvalue weighted by Gasteiger charge is 2.16. The molecule has 1 atom stereocenters. The lowest BCUT2D eigenvalue weighted by molar-refractivity contribution is 0.415. The summed E-state index contributed by atoms with van der Waals surface area (Å²) in [6, 6.07) is 11.0. The molecule has 0 aliphatic carbocycles. The van der Waals surface area contributed by atoms with Crippen LogP contribution in [0.3, 0.4) is 0 Å². The molecule has 5 heteroatoms. The molecule has 0 fully saturated rings. The molecular weight excluding hydrogens is 370 g/mol. The number of hydrogen-bond acceptors (Lipinski definition) is 1. The van der Waals surface area contributed by atoms with Crippen LogP contribution in [0.4, 0.5) is 0 Å². The fourth-order valence-electron chi connectivity index (χ4n) is 1.73. The van der Waals surface area contributed by atoms with Crippen LogP contribution in [0.5, 0.6) is 5.75 Å². The van der Waals surface area contributed by atoms with Crippen molar-refractivity contribution in [2.75, 3.05) is 7.11 Å². The summed E-state index contributed by atoms with van der Waals surface area (Å²) in [5, 5.41) is 0.837. The number of hydrogen-bond donors (Lipinski definition) is 0. The molecular formula is C14H10BrCl3O. The molecule has 0 aromatic heterocycles. The van der Waals surface area contributed by atoms with Crippen LogP contribution in [0.25, 0.3) is 0 Å². The van der Waals surface area contributed by atoms with Gasteiger partial charge >= 0.3 is 0 Å². The first-order valence-corrected chi connectivity index (χ1v) is 7.44. The Labute approximate surface area is 135 Å². The molecule has 0 saturated heterocycles. The average molecular weight is 380 g/mol. The van der Waals surface area contributed by atoms with Crippen LogP contribution in [0.1, 0.15) is 16.5 Å². The van der Waals surface area contributed by atoms with Crippen LogP contribution in [0, 0.1) is 0 Å². The Morgan fingerprint density at radius 1 is 1.11 bits per heavy atom. The number of ether oxygens (including phenoxy) is 1. The molecule has 100 valence electrons. The smallest absolute Gasteiger partial charge is 0.137 e. The maximum absolute atomic E-state index is 6.49. The molecule has 19 heavy (non-hydrogen) atoms. The molecule has 0 bridgehead atoms. The van der Waals surface area contributed by atoms with Gasteiger partial charge in [-0.3, -0.25) is 0 Å². The summed E-state index contributed by atoms with van der Waals surface area (Å²) in [7, 11) is 1.58. The molecule has 0 aliphatic rings. The molecule has 0 amide bonds. The number of benzene rings is 2. The van der Waals surface area contributed by atoms with E-state index in [0.29, 0.717) is 15.8 Å². The molecule has 0 aliphatic heterocycles. The van der Waals surface area contributed by atoms with Crippen molar-refractivity contribution in [1.82, 2.24) is 0 Å². The van der Waals surface area contributed by atoms with E-state index in [-0.39, 0.29) is 5.38 Å². The average Bonchev–Trinajstić information content (AvgIpc) is 2.40. The Morgan fingerprint density at radius 3 is 2.47 bits per heavy atom. The van der Waals surface area contributed by atoms with E-state index in [9.17, 15) is 0 Å². The van der Waals surface area contributed by atoms with Crippen molar-refractivity contribution in [3.8, 4) is 5.75 Å². The van der Waals surface area contributed by atoms with Crippen molar-refractivity contribution >= 4 is 50.7 Å². The third-order valence-electron chi connectivity index (χ3n) is 2.70. The molecule has 0 spiro atoms. The number of methoxy groups -OCH3 is 1. The lowest BCUT2D eigenvalue weighted by Crippen LogP contribution is -1.95. The Balaban J connectivity index is 2.41. The highest BCUT2D eigenvalue weighted by atomic mass is 79.9. The van der Waals surface area contributed by atoms with Crippen LogP contribution >= 0.6 is 50.7 Å². The highest BCUT2D eigenvalue weighted by molar-refractivity contribution is 9.10. The maximum atomic E-state index is 6.49. The normalized spacial score (nSPS) is 12.3. The van der Waals surface area contributed by atoms with Crippen molar-refractivity contribution in [3.05, 3.63) is 62.0 Å². The van der Waals surface area contributed by atoms with Crippen LogP contribution < -0.4 is 4.74 Å². The minimum absolute atomic E-state index is 0.337. The summed E-state index contributed by atoms with van der Waals surface area (Å²) in [5.41, 5.74) is 1.78. The quantitative estimate of drug-likeness (QED) is 0.585. The van der Waals surface area contributed by atoms with E-state index >= 15 is 0 Å². The predicted molar refractivity (Wildman–Crippen MR) is 84.9 cm³/mol. The number of rotatable bonds is 3. The van der Waals surface area contributed by atoms with Crippen LogP contribution in [-0.2, 0) is 0 Å². The van der Waals surface area contributed by atoms with Gasteiger partial charge in [-0.15, -0.1) is 11.6 Å². The van der Waals surface area contributed by atoms with E-state index < -0.39 is 0 Å². The van der Waals surface area contributed by atoms with Gasteiger partial charge in [0, 0.05) is 9.50 Å². The standard InChI is InChI=1S/C14H10BrCl3O/c1-19-13-5-2-8(6-12(13)17)14(18)10-7-9(16)3-4-11(10)15/h2-7,14H,1H3. The zero-order valence-electron chi connectivity index (χ0n) is 9.96. The van der Waals surface area contributed by atoms with Gasteiger partial charge in [0.25, 0.3) is 0 Å². The first kappa shape index (κ1) is 15.0. The monoisotopic (exact) mass is 378 g/mol. The fourth-order valence-corrected chi connectivity index (χ4v) is 3.10. The molecule has 0 radical (unpaired) electrons. The zero-order valence-corrected chi connectivity index (χ0v) is 13.8. The largest absolute Gasteiger partial charge is 0.495 e. The van der Waals surface area contributed by atoms with Gasteiger partial charge in [0.1, 0.15) is 5.75 Å². The molecule has 0 heterocycles. The molecule has 2 aromatic carbocycles. The number of alkyl halides is 1. The van der Waals surface area contributed by atoms with E-state index in [1.807, 2.05) is 18.2 Å². The van der Waals surface area contributed by atoms with Crippen molar-refractivity contribution < 1.29 is 4.74 Å². The van der Waals surface area contributed by atoms with Crippen molar-refractivity contribution in [3.63, 3.8) is 0 Å². The summed E-state index contributed by atoms with van der Waals surface area (Å²) >= 11 is 22.1. The Bertz CT molecular complexity index is 601. The van der Waals surface area contributed by atoms with E-state index in [1.165, 1.54) is 0 Å². The molecule has 2 aromatic rings. The first-order valence-electron chi connectivity index (χ1n) is 5.45. The molecule has 2 rings (SSSR count). The zero-order chi connectivity index (χ0) is 14.0. The summed E-state index contributed by atoms with van der Waals surface area (Å²) < 4.78 is 6.03. The van der Waals surface area contributed by atoms with Gasteiger partial charge in [-0.25, -0.2) is 0 Å². The van der Waals surface area contributed by atoms with E-state index in [4.69, 9.17) is 39.5 Å². The topological polar surface area (TPSA) is 9.23 Å². The molecule has 1 nitrogen and oxygen atoms in total. The van der Waals surface area contributed by atoms with E-state index in [2.05, 4.69) is 15.9 Å². The van der Waals surface area contributed by atoms with Gasteiger partial charge in [-0.05, 0) is 41.5 Å². The lowest BCUT2D eigenvalue weighted by atomic mass is 10.0. The summed E-state index contributed by atoms with van der Waals surface area (Å²) in [6.45, 7) is 0. The first-order chi connectivity index (χ1) is 9.02. The maximum Gasteiger partial charge on any atom is 0.137 e. The fraction of sp³-hybridized carbons (Fsp3) is 0.143. The van der Waals surface area contributed by atoms with Gasteiger partial charge in [-0.2, -0.15) is 0 Å². The summed E-state index contributed by atoms with van der Waals surface area (Å²) in [5.74, 6) is 0.624. The SMILES string of the molecule is COc1ccc(C(Cl)c2cc(Cl)ccc2Br)cc1Cl. The molecule has 0 N–H and O–H groups in total. The van der Waals surface area contributed by atoms with Gasteiger partial charge in [0.2, 0.25) is 0 Å². The second-order valence-corrected chi connectivity index (χ2v) is 6.06. The second kappa shape index (κ2) is 6.36. The van der Waals surface area contributed by atoms with Crippen LogP contribution in [-0.4, -0.2) is 7.11 Å². The summed E-state index contributed by atoms with van der Waals surface area (Å²) in [4.78, 5) is 0. The Hall–Kier alpha value is -0.410. The van der Waals surface area contributed by atoms with Gasteiger partial charge in [-0.1, -0.05) is 45.2 Å². The highest BCUT2D eigenvalue weighted by Crippen LogP contribution is 2.37. The minimum Gasteiger partial charge on any atom is -0.495 e. The molecule has 0 saturated carbocycles. The Kier molecular flexibility index (Phi) is 5.02. The molecule has 1 unspecified atom stereocenters. The van der Waals surface area contributed by atoms with Crippen molar-refractivity contribution in [2.24, 2.45) is 0 Å². The Morgan fingerprint density at radius 2 is 1.84 bits per heavy atom. The van der Waals surface area contributed by atoms with Gasteiger partial charge < -0.3 is 4.74 Å². The van der Waals surface area contributed by atoms with Gasteiger partial charge in [0.05, 0.1) is 17.5 Å². The predicted octanol–water partition coefficient (Wildman–Crippen LogP) is 6.09. The second-order valence-electron chi connectivity index (χ2n) is 3.92. The van der Waals surface area contributed by atoms with Crippen molar-refractivity contribution in [1.29, 1.82) is 0 Å². The third kappa shape index (κ3) is 3.38. The van der Waals surface area contributed by atoms with Crippen LogP contribution in [0.2, 0.25) is 10.0 Å². The third-order valence-corrected chi connectivity index (χ3v) is 4.44.